The molecule has 19 heavy (non-hydrogen) atoms. The van der Waals surface area contributed by atoms with Crippen molar-refractivity contribution in [2.75, 3.05) is 6.54 Å². The van der Waals surface area contributed by atoms with Crippen molar-refractivity contribution in [3.05, 3.63) is 17.9 Å². The third kappa shape index (κ3) is 5.34. The van der Waals surface area contributed by atoms with E-state index in [1.54, 1.807) is 6.07 Å². The highest BCUT2D eigenvalue weighted by atomic mass is 32.2. The molecular formula is C13H24N2O3S. The molecule has 1 unspecified atom stereocenters. The average molecular weight is 288 g/mol. The van der Waals surface area contributed by atoms with E-state index in [0.29, 0.717) is 18.2 Å². The molecule has 0 aliphatic heterocycles. The van der Waals surface area contributed by atoms with E-state index in [1.165, 1.54) is 6.07 Å². The first-order chi connectivity index (χ1) is 8.85. The molecule has 0 saturated carbocycles. The normalized spacial score (nSPS) is 13.9. The standard InChI is InChI=1S/C13H24N2O3S/c1-5-14-9-12-6-7-13(18-12)19(16,17)15-11(4)8-10(2)3/h6-7,10-11,14-15H,5,8-9H2,1-4H3. The fraction of sp³-hybridized carbons (Fsp3) is 0.692. The molecule has 0 saturated heterocycles. The summed E-state index contributed by atoms with van der Waals surface area (Å²) in [6, 6.07) is 3.08. The Morgan fingerprint density at radius 1 is 1.26 bits per heavy atom. The van der Waals surface area contributed by atoms with E-state index in [0.717, 1.165) is 13.0 Å². The van der Waals surface area contributed by atoms with Gasteiger partial charge in [-0.1, -0.05) is 20.8 Å². The van der Waals surface area contributed by atoms with E-state index in [4.69, 9.17) is 4.42 Å². The van der Waals surface area contributed by atoms with Crippen molar-refractivity contribution in [1.82, 2.24) is 10.0 Å². The number of nitrogens with one attached hydrogen (secondary N) is 2. The van der Waals surface area contributed by atoms with Gasteiger partial charge in [-0.15, -0.1) is 0 Å². The molecule has 1 atom stereocenters. The molecule has 6 heteroatoms. The SMILES string of the molecule is CCNCc1ccc(S(=O)(=O)NC(C)CC(C)C)o1. The molecule has 1 aromatic rings. The monoisotopic (exact) mass is 288 g/mol. The zero-order valence-electron chi connectivity index (χ0n) is 12.1. The maximum absolute atomic E-state index is 12.1. The highest BCUT2D eigenvalue weighted by molar-refractivity contribution is 7.89. The number of furan rings is 1. The second kappa shape index (κ2) is 7.07. The third-order valence-electron chi connectivity index (χ3n) is 2.63. The van der Waals surface area contributed by atoms with Gasteiger partial charge in [-0.3, -0.25) is 0 Å². The van der Waals surface area contributed by atoms with Gasteiger partial charge in [0.1, 0.15) is 5.76 Å². The van der Waals surface area contributed by atoms with Gasteiger partial charge in [-0.2, -0.15) is 0 Å². The fourth-order valence-corrected chi connectivity index (χ4v) is 3.13. The maximum atomic E-state index is 12.1. The summed E-state index contributed by atoms with van der Waals surface area (Å²) in [5.41, 5.74) is 0. The topological polar surface area (TPSA) is 71.3 Å². The number of hydrogen-bond donors (Lipinski definition) is 2. The molecule has 1 heterocycles. The summed E-state index contributed by atoms with van der Waals surface area (Å²) in [4.78, 5) is 0. The summed E-state index contributed by atoms with van der Waals surface area (Å²) in [6.07, 6.45) is 0.796. The van der Waals surface area contributed by atoms with Crippen LogP contribution in [0.3, 0.4) is 0 Å². The van der Waals surface area contributed by atoms with Crippen LogP contribution in [0.2, 0.25) is 0 Å². The van der Waals surface area contributed by atoms with Crippen molar-refractivity contribution in [2.45, 2.75) is 51.8 Å². The summed E-state index contributed by atoms with van der Waals surface area (Å²) >= 11 is 0. The second-order valence-electron chi connectivity index (χ2n) is 5.15. The summed E-state index contributed by atoms with van der Waals surface area (Å²) in [5, 5.41) is 3.07. The lowest BCUT2D eigenvalue weighted by Crippen LogP contribution is -2.33. The van der Waals surface area contributed by atoms with Crippen LogP contribution < -0.4 is 10.0 Å². The van der Waals surface area contributed by atoms with Crippen LogP contribution in [0, 0.1) is 5.92 Å². The first-order valence-electron chi connectivity index (χ1n) is 6.67. The zero-order valence-corrected chi connectivity index (χ0v) is 12.9. The van der Waals surface area contributed by atoms with E-state index in [1.807, 2.05) is 13.8 Å². The van der Waals surface area contributed by atoms with Crippen LogP contribution in [0.25, 0.3) is 0 Å². The van der Waals surface area contributed by atoms with Crippen LogP contribution in [-0.4, -0.2) is 21.0 Å². The molecule has 0 aromatic carbocycles. The molecule has 1 aromatic heterocycles. The van der Waals surface area contributed by atoms with Crippen molar-refractivity contribution in [3.8, 4) is 0 Å². The Morgan fingerprint density at radius 2 is 1.95 bits per heavy atom. The molecule has 0 aliphatic rings. The van der Waals surface area contributed by atoms with Crippen LogP contribution >= 0.6 is 0 Å². The lowest BCUT2D eigenvalue weighted by molar-refractivity contribution is 0.396. The average Bonchev–Trinajstić information content (AvgIpc) is 2.73. The summed E-state index contributed by atoms with van der Waals surface area (Å²) < 4.78 is 32.1. The van der Waals surface area contributed by atoms with Gasteiger partial charge in [-0.05, 0) is 37.9 Å². The highest BCUT2D eigenvalue weighted by Crippen LogP contribution is 2.15. The summed E-state index contributed by atoms with van der Waals surface area (Å²) in [5.74, 6) is 1.07. The van der Waals surface area contributed by atoms with Crippen molar-refractivity contribution >= 4 is 10.0 Å². The van der Waals surface area contributed by atoms with Gasteiger partial charge in [0.05, 0.1) is 6.54 Å². The molecule has 0 radical (unpaired) electrons. The quantitative estimate of drug-likeness (QED) is 0.768. The molecule has 5 nitrogen and oxygen atoms in total. The van der Waals surface area contributed by atoms with E-state index in [-0.39, 0.29) is 11.1 Å². The van der Waals surface area contributed by atoms with Gasteiger partial charge in [0.25, 0.3) is 10.0 Å². The first kappa shape index (κ1) is 16.2. The van der Waals surface area contributed by atoms with Gasteiger partial charge >= 0.3 is 0 Å². The first-order valence-corrected chi connectivity index (χ1v) is 8.15. The molecule has 110 valence electrons. The van der Waals surface area contributed by atoms with Crippen LogP contribution in [-0.2, 0) is 16.6 Å². The van der Waals surface area contributed by atoms with Crippen LogP contribution in [0.1, 0.15) is 39.9 Å². The minimum atomic E-state index is -3.55. The lowest BCUT2D eigenvalue weighted by atomic mass is 10.1. The van der Waals surface area contributed by atoms with E-state index < -0.39 is 10.0 Å². The molecule has 0 fully saturated rings. The minimum Gasteiger partial charge on any atom is -0.447 e. The Bertz CT molecular complexity index is 480. The van der Waals surface area contributed by atoms with Crippen molar-refractivity contribution in [3.63, 3.8) is 0 Å². The molecular weight excluding hydrogens is 264 g/mol. The Kier molecular flexibility index (Phi) is 6.03. The Hall–Kier alpha value is -0.850. The highest BCUT2D eigenvalue weighted by Gasteiger charge is 2.21. The Morgan fingerprint density at radius 3 is 2.53 bits per heavy atom. The number of rotatable bonds is 8. The van der Waals surface area contributed by atoms with Gasteiger partial charge in [0, 0.05) is 6.04 Å². The Balaban J connectivity index is 2.69. The predicted octanol–water partition coefficient (Wildman–Crippen LogP) is 2.10. The zero-order chi connectivity index (χ0) is 14.5. The summed E-state index contributed by atoms with van der Waals surface area (Å²) in [7, 11) is -3.55. The van der Waals surface area contributed by atoms with E-state index >= 15 is 0 Å². The van der Waals surface area contributed by atoms with E-state index in [9.17, 15) is 8.42 Å². The fourth-order valence-electron chi connectivity index (χ4n) is 1.92. The van der Waals surface area contributed by atoms with Crippen molar-refractivity contribution in [2.24, 2.45) is 5.92 Å². The van der Waals surface area contributed by atoms with Gasteiger partial charge < -0.3 is 9.73 Å². The minimum absolute atomic E-state index is 0.0176. The molecule has 2 N–H and O–H groups in total. The number of hydrogen-bond acceptors (Lipinski definition) is 4. The predicted molar refractivity (Wildman–Crippen MR) is 75.3 cm³/mol. The largest absolute Gasteiger partial charge is 0.447 e. The van der Waals surface area contributed by atoms with Gasteiger partial charge in [0.15, 0.2) is 0 Å². The van der Waals surface area contributed by atoms with E-state index in [2.05, 4.69) is 23.9 Å². The maximum Gasteiger partial charge on any atom is 0.274 e. The molecule has 0 bridgehead atoms. The summed E-state index contributed by atoms with van der Waals surface area (Å²) in [6.45, 7) is 9.31. The van der Waals surface area contributed by atoms with Gasteiger partial charge in [-0.25, -0.2) is 13.1 Å². The van der Waals surface area contributed by atoms with Crippen LogP contribution in [0.15, 0.2) is 21.6 Å². The Labute approximate surface area is 115 Å². The second-order valence-corrected chi connectivity index (χ2v) is 6.80. The molecule has 0 spiro atoms. The van der Waals surface area contributed by atoms with Gasteiger partial charge in [0.2, 0.25) is 5.09 Å². The smallest absolute Gasteiger partial charge is 0.274 e. The molecule has 1 rings (SSSR count). The third-order valence-corrected chi connectivity index (χ3v) is 4.09. The molecule has 0 aliphatic carbocycles. The number of sulfonamides is 1. The van der Waals surface area contributed by atoms with Crippen molar-refractivity contribution < 1.29 is 12.8 Å². The molecule has 0 amide bonds. The van der Waals surface area contributed by atoms with Crippen LogP contribution in [0.4, 0.5) is 0 Å². The van der Waals surface area contributed by atoms with Crippen LogP contribution in [0.5, 0.6) is 0 Å². The lowest BCUT2D eigenvalue weighted by Gasteiger charge is -2.14. The van der Waals surface area contributed by atoms with Crippen molar-refractivity contribution in [1.29, 1.82) is 0 Å².